The zero-order chi connectivity index (χ0) is 18.8. The molecule has 138 valence electrons. The first-order valence-corrected chi connectivity index (χ1v) is 8.44. The Morgan fingerprint density at radius 1 is 1.28 bits per heavy atom. The molecule has 6 heteroatoms. The van der Waals surface area contributed by atoms with Gasteiger partial charge in [0.2, 0.25) is 0 Å². The lowest BCUT2D eigenvalue weighted by Gasteiger charge is -2.38. The monoisotopic (exact) mass is 351 g/mol. The number of likely N-dealkylation sites (tertiary alicyclic amines) is 1. The molecule has 0 saturated carbocycles. The van der Waals surface area contributed by atoms with Gasteiger partial charge < -0.3 is 14.4 Å². The number of carbonyl (C=O) groups excluding carboxylic acids is 2. The van der Waals surface area contributed by atoms with E-state index in [9.17, 15) is 14.0 Å². The first-order chi connectivity index (χ1) is 11.6. The third kappa shape index (κ3) is 4.71. The predicted molar refractivity (Wildman–Crippen MR) is 91.8 cm³/mol. The summed E-state index contributed by atoms with van der Waals surface area (Å²) in [5.74, 6) is -1.25. The van der Waals surface area contributed by atoms with Gasteiger partial charge in [-0.25, -0.2) is 9.18 Å². The van der Waals surface area contributed by atoms with Gasteiger partial charge in [0.05, 0.1) is 13.0 Å². The molecule has 1 aromatic rings. The van der Waals surface area contributed by atoms with Crippen LogP contribution in [0.3, 0.4) is 0 Å². The van der Waals surface area contributed by atoms with E-state index in [1.165, 1.54) is 19.2 Å². The first-order valence-electron chi connectivity index (χ1n) is 8.44. The summed E-state index contributed by atoms with van der Waals surface area (Å²) in [7, 11) is 1.36. The normalized spacial score (nSPS) is 21.0. The van der Waals surface area contributed by atoms with Crippen molar-refractivity contribution in [2.45, 2.75) is 45.6 Å². The molecule has 1 saturated heterocycles. The van der Waals surface area contributed by atoms with E-state index in [2.05, 4.69) is 0 Å². The largest absolute Gasteiger partial charge is 0.469 e. The molecule has 1 aliphatic rings. The molecule has 1 heterocycles. The molecule has 0 spiro atoms. The Morgan fingerprint density at radius 3 is 2.52 bits per heavy atom. The zero-order valence-corrected chi connectivity index (χ0v) is 15.5. The van der Waals surface area contributed by atoms with Crippen LogP contribution in [-0.2, 0) is 14.3 Å². The minimum absolute atomic E-state index is 0.255. The number of methoxy groups -OCH3 is 1. The van der Waals surface area contributed by atoms with Crippen LogP contribution in [0, 0.1) is 18.7 Å². The minimum Gasteiger partial charge on any atom is -0.469 e. The van der Waals surface area contributed by atoms with Crippen molar-refractivity contribution < 1.29 is 23.5 Å². The molecule has 0 unspecified atom stereocenters. The molecule has 2 rings (SSSR count). The second-order valence-corrected chi connectivity index (χ2v) is 7.45. The van der Waals surface area contributed by atoms with E-state index in [1.54, 1.807) is 17.9 Å². The van der Waals surface area contributed by atoms with E-state index in [0.717, 1.165) is 11.1 Å². The molecule has 0 aliphatic carbocycles. The lowest BCUT2D eigenvalue weighted by Crippen LogP contribution is -2.47. The van der Waals surface area contributed by atoms with Crippen LogP contribution < -0.4 is 0 Å². The molecular weight excluding hydrogens is 325 g/mol. The van der Waals surface area contributed by atoms with Crippen LogP contribution in [0.4, 0.5) is 9.18 Å². The standard InChI is InChI=1S/C19H26FNO4/c1-12-10-13(20)6-7-14(12)16-11-21(18(23)25-19(2,3)4)9-8-15(16)17(22)24-5/h6-7,10,15-16H,8-9,11H2,1-5H3/t15-,16-/m0/s1. The molecule has 0 aromatic heterocycles. The van der Waals surface area contributed by atoms with Crippen molar-refractivity contribution in [2.75, 3.05) is 20.2 Å². The van der Waals surface area contributed by atoms with Crippen molar-refractivity contribution in [2.24, 2.45) is 5.92 Å². The fourth-order valence-corrected chi connectivity index (χ4v) is 3.25. The Hall–Kier alpha value is -2.11. The second kappa shape index (κ2) is 7.42. The summed E-state index contributed by atoms with van der Waals surface area (Å²) in [6, 6.07) is 4.50. The highest BCUT2D eigenvalue weighted by Crippen LogP contribution is 2.35. The van der Waals surface area contributed by atoms with E-state index in [4.69, 9.17) is 9.47 Å². The van der Waals surface area contributed by atoms with Gasteiger partial charge in [-0.3, -0.25) is 4.79 Å². The molecule has 0 N–H and O–H groups in total. The highest BCUT2D eigenvalue weighted by molar-refractivity contribution is 5.75. The Morgan fingerprint density at radius 2 is 1.96 bits per heavy atom. The smallest absolute Gasteiger partial charge is 0.410 e. The average molecular weight is 351 g/mol. The molecule has 1 fully saturated rings. The minimum atomic E-state index is -0.586. The Bertz CT molecular complexity index is 653. The van der Waals surface area contributed by atoms with Gasteiger partial charge >= 0.3 is 12.1 Å². The van der Waals surface area contributed by atoms with Gasteiger partial charge in [-0.1, -0.05) is 6.07 Å². The highest BCUT2D eigenvalue weighted by Gasteiger charge is 2.39. The van der Waals surface area contributed by atoms with Crippen molar-refractivity contribution in [3.8, 4) is 0 Å². The number of halogens is 1. The quantitative estimate of drug-likeness (QED) is 0.763. The third-order valence-corrected chi connectivity index (χ3v) is 4.40. The van der Waals surface area contributed by atoms with Gasteiger partial charge in [-0.05, 0) is 57.4 Å². The van der Waals surface area contributed by atoms with Crippen LogP contribution >= 0.6 is 0 Å². The van der Waals surface area contributed by atoms with Gasteiger partial charge in [0.15, 0.2) is 0 Å². The highest BCUT2D eigenvalue weighted by atomic mass is 19.1. The predicted octanol–water partition coefficient (Wildman–Crippen LogP) is 3.65. The van der Waals surface area contributed by atoms with Crippen LogP contribution in [0.1, 0.15) is 44.2 Å². The van der Waals surface area contributed by atoms with Gasteiger partial charge in [0.25, 0.3) is 0 Å². The summed E-state index contributed by atoms with van der Waals surface area (Å²) in [5, 5.41) is 0. The van der Waals surface area contributed by atoms with Crippen molar-refractivity contribution in [1.82, 2.24) is 4.90 Å². The summed E-state index contributed by atoms with van der Waals surface area (Å²) in [4.78, 5) is 26.2. The number of piperidine rings is 1. The maximum atomic E-state index is 13.5. The molecule has 0 radical (unpaired) electrons. The number of nitrogens with zero attached hydrogens (tertiary/aromatic N) is 1. The van der Waals surface area contributed by atoms with Crippen LogP contribution in [-0.4, -0.2) is 42.8 Å². The Balaban J connectivity index is 2.29. The number of ether oxygens (including phenoxy) is 2. The van der Waals surface area contributed by atoms with E-state index in [-0.39, 0.29) is 23.6 Å². The molecule has 1 amide bonds. The maximum absolute atomic E-state index is 13.5. The van der Waals surface area contributed by atoms with E-state index < -0.39 is 11.7 Å². The van der Waals surface area contributed by atoms with Gasteiger partial charge in [0, 0.05) is 19.0 Å². The van der Waals surface area contributed by atoms with Crippen molar-refractivity contribution >= 4 is 12.1 Å². The lowest BCUT2D eigenvalue weighted by atomic mass is 9.79. The number of esters is 1. The summed E-state index contributed by atoms with van der Waals surface area (Å²) < 4.78 is 23.8. The topological polar surface area (TPSA) is 55.8 Å². The number of hydrogen-bond acceptors (Lipinski definition) is 4. The molecule has 1 aromatic carbocycles. The average Bonchev–Trinajstić information content (AvgIpc) is 2.52. The summed E-state index contributed by atoms with van der Waals surface area (Å²) in [5.41, 5.74) is 1.02. The SMILES string of the molecule is COC(=O)[C@H]1CCN(C(=O)OC(C)(C)C)C[C@H]1c1ccc(F)cc1C. The Labute approximate surface area is 148 Å². The number of benzene rings is 1. The van der Waals surface area contributed by atoms with Crippen LogP contribution in [0.25, 0.3) is 0 Å². The molecule has 1 aliphatic heterocycles. The molecule has 25 heavy (non-hydrogen) atoms. The molecule has 5 nitrogen and oxygen atoms in total. The summed E-state index contributed by atoms with van der Waals surface area (Å²) in [6.07, 6.45) is 0.0773. The zero-order valence-electron chi connectivity index (χ0n) is 15.5. The Kier molecular flexibility index (Phi) is 5.70. The lowest BCUT2D eigenvalue weighted by molar-refractivity contribution is -0.147. The summed E-state index contributed by atoms with van der Waals surface area (Å²) >= 11 is 0. The van der Waals surface area contributed by atoms with E-state index >= 15 is 0 Å². The third-order valence-electron chi connectivity index (χ3n) is 4.40. The second-order valence-electron chi connectivity index (χ2n) is 7.45. The maximum Gasteiger partial charge on any atom is 0.410 e. The number of hydrogen-bond donors (Lipinski definition) is 0. The number of carbonyl (C=O) groups is 2. The van der Waals surface area contributed by atoms with E-state index in [0.29, 0.717) is 19.5 Å². The number of rotatable bonds is 2. The van der Waals surface area contributed by atoms with Crippen LogP contribution in [0.15, 0.2) is 18.2 Å². The first kappa shape index (κ1) is 19.2. The molecular formula is C19H26FNO4. The van der Waals surface area contributed by atoms with Crippen LogP contribution in [0.2, 0.25) is 0 Å². The fourth-order valence-electron chi connectivity index (χ4n) is 3.25. The number of aryl methyl sites for hydroxylation is 1. The fraction of sp³-hybridized carbons (Fsp3) is 0.579. The molecule has 2 atom stereocenters. The van der Waals surface area contributed by atoms with E-state index in [1.807, 2.05) is 20.8 Å². The van der Waals surface area contributed by atoms with Crippen LogP contribution in [0.5, 0.6) is 0 Å². The van der Waals surface area contributed by atoms with Gasteiger partial charge in [-0.2, -0.15) is 0 Å². The van der Waals surface area contributed by atoms with Crippen molar-refractivity contribution in [1.29, 1.82) is 0 Å². The number of amides is 1. The van der Waals surface area contributed by atoms with Gasteiger partial charge in [-0.15, -0.1) is 0 Å². The van der Waals surface area contributed by atoms with Gasteiger partial charge in [0.1, 0.15) is 11.4 Å². The van der Waals surface area contributed by atoms with Crippen molar-refractivity contribution in [3.63, 3.8) is 0 Å². The summed E-state index contributed by atoms with van der Waals surface area (Å²) in [6.45, 7) is 8.00. The molecule has 0 bridgehead atoms. The van der Waals surface area contributed by atoms with Crippen molar-refractivity contribution in [3.05, 3.63) is 35.1 Å².